The summed E-state index contributed by atoms with van der Waals surface area (Å²) >= 11 is 0. The Morgan fingerprint density at radius 3 is 2.41 bits per heavy atom. The van der Waals surface area contributed by atoms with Gasteiger partial charge >= 0.3 is 0 Å². The number of fused-ring (bicyclic) bond motifs is 2. The van der Waals surface area contributed by atoms with Crippen LogP contribution in [0, 0.1) is 0 Å². The predicted molar refractivity (Wildman–Crippen MR) is 145 cm³/mol. The highest BCUT2D eigenvalue weighted by Crippen LogP contribution is 2.33. The zero-order chi connectivity index (χ0) is 27.3. The molecule has 2 fully saturated rings. The molecule has 3 amide bonds. The van der Waals surface area contributed by atoms with Gasteiger partial charge in [0.25, 0.3) is 5.91 Å². The number of sulfone groups is 1. The van der Waals surface area contributed by atoms with E-state index >= 15 is 0 Å². The lowest BCUT2D eigenvalue weighted by molar-refractivity contribution is -0.163. The molecule has 0 radical (unpaired) electrons. The molecular formula is C28H31N5O5S. The summed E-state index contributed by atoms with van der Waals surface area (Å²) in [5.74, 6) is -1.02. The fourth-order valence-corrected chi connectivity index (χ4v) is 6.30. The van der Waals surface area contributed by atoms with Gasteiger partial charge in [-0.1, -0.05) is 6.07 Å². The number of hydrazine groups is 1. The van der Waals surface area contributed by atoms with Gasteiger partial charge in [-0.3, -0.25) is 19.3 Å². The number of piperidine rings is 1. The largest absolute Gasteiger partial charge is 0.331 e. The minimum absolute atomic E-state index is 0.0227. The summed E-state index contributed by atoms with van der Waals surface area (Å²) in [5.41, 5.74) is 4.61. The molecule has 2 saturated heterocycles. The van der Waals surface area contributed by atoms with E-state index in [1.165, 1.54) is 24.1 Å². The number of aromatic nitrogens is 2. The van der Waals surface area contributed by atoms with E-state index in [9.17, 15) is 22.8 Å². The monoisotopic (exact) mass is 549 g/mol. The van der Waals surface area contributed by atoms with Gasteiger partial charge in [-0.2, -0.15) is 5.01 Å². The SMILES string of the molecule is CS(=O)(=O)CCn1ccc2c(CN3CCCC3)cc(-c3ccc4c(c3)CN(N3C(=O)CCCC3=O)C4=O)nc21. The Hall–Kier alpha value is -3.57. The number of hydrogen-bond donors (Lipinski definition) is 0. The van der Waals surface area contributed by atoms with E-state index in [1.807, 2.05) is 29.0 Å². The average Bonchev–Trinajstić information content (AvgIpc) is 3.62. The molecule has 6 rings (SSSR count). The second-order valence-corrected chi connectivity index (χ2v) is 13.0. The molecule has 39 heavy (non-hydrogen) atoms. The van der Waals surface area contributed by atoms with E-state index < -0.39 is 9.84 Å². The number of hydrogen-bond acceptors (Lipinski definition) is 7. The Balaban J connectivity index is 1.37. The van der Waals surface area contributed by atoms with Crippen LogP contribution in [0.3, 0.4) is 0 Å². The number of nitrogens with zero attached hydrogens (tertiary/aromatic N) is 5. The van der Waals surface area contributed by atoms with Gasteiger partial charge in [-0.25, -0.2) is 18.4 Å². The zero-order valence-electron chi connectivity index (χ0n) is 21.9. The second kappa shape index (κ2) is 9.87. The van der Waals surface area contributed by atoms with Crippen molar-refractivity contribution in [1.82, 2.24) is 24.5 Å². The molecule has 10 nitrogen and oxygen atoms in total. The Labute approximate surface area is 227 Å². The highest BCUT2D eigenvalue weighted by molar-refractivity contribution is 7.90. The predicted octanol–water partition coefficient (Wildman–Crippen LogP) is 2.75. The second-order valence-electron chi connectivity index (χ2n) is 10.7. The molecule has 11 heteroatoms. The maximum absolute atomic E-state index is 13.1. The van der Waals surface area contributed by atoms with Crippen molar-refractivity contribution in [2.75, 3.05) is 25.1 Å². The quantitative estimate of drug-likeness (QED) is 0.417. The molecule has 3 aliphatic rings. The van der Waals surface area contributed by atoms with E-state index in [-0.39, 0.29) is 42.9 Å². The number of rotatable bonds is 7. The Bertz CT molecular complexity index is 1590. The molecule has 0 spiro atoms. The number of carbonyl (C=O) groups is 3. The van der Waals surface area contributed by atoms with Crippen LogP contribution in [-0.4, -0.2) is 75.7 Å². The van der Waals surface area contributed by atoms with E-state index in [1.54, 1.807) is 6.07 Å². The number of imide groups is 1. The van der Waals surface area contributed by atoms with Crippen LogP contribution < -0.4 is 0 Å². The van der Waals surface area contributed by atoms with Crippen molar-refractivity contribution in [3.05, 3.63) is 53.2 Å². The molecule has 0 saturated carbocycles. The van der Waals surface area contributed by atoms with Gasteiger partial charge in [0, 0.05) is 54.9 Å². The highest BCUT2D eigenvalue weighted by Gasteiger charge is 2.39. The first-order chi connectivity index (χ1) is 18.7. The van der Waals surface area contributed by atoms with E-state index in [2.05, 4.69) is 11.0 Å². The summed E-state index contributed by atoms with van der Waals surface area (Å²) in [7, 11) is -3.14. The molecular weight excluding hydrogens is 518 g/mol. The number of amides is 3. The first-order valence-electron chi connectivity index (χ1n) is 13.4. The third-order valence-electron chi connectivity index (χ3n) is 7.79. The molecule has 5 heterocycles. The Morgan fingerprint density at radius 1 is 0.949 bits per heavy atom. The number of pyridine rings is 1. The number of aryl methyl sites for hydroxylation is 1. The molecule has 2 aromatic heterocycles. The van der Waals surface area contributed by atoms with Crippen molar-refractivity contribution in [2.24, 2.45) is 0 Å². The van der Waals surface area contributed by atoms with Crippen molar-refractivity contribution in [2.45, 2.75) is 51.7 Å². The van der Waals surface area contributed by atoms with Crippen LogP contribution in [-0.2, 0) is 39.1 Å². The summed E-state index contributed by atoms with van der Waals surface area (Å²) < 4.78 is 25.6. The number of benzene rings is 1. The topological polar surface area (TPSA) is 113 Å². The van der Waals surface area contributed by atoms with Crippen LogP contribution in [0.4, 0.5) is 0 Å². The smallest absolute Gasteiger partial charge is 0.273 e. The maximum Gasteiger partial charge on any atom is 0.273 e. The summed E-state index contributed by atoms with van der Waals surface area (Å²) in [5, 5.41) is 3.27. The van der Waals surface area contributed by atoms with Crippen LogP contribution in [0.25, 0.3) is 22.3 Å². The molecule has 0 N–H and O–H groups in total. The zero-order valence-corrected chi connectivity index (χ0v) is 22.7. The lowest BCUT2D eigenvalue weighted by atomic mass is 10.0. The summed E-state index contributed by atoms with van der Waals surface area (Å²) in [6.45, 7) is 3.32. The minimum Gasteiger partial charge on any atom is -0.331 e. The third-order valence-corrected chi connectivity index (χ3v) is 8.72. The molecule has 1 aromatic carbocycles. The Kier molecular flexibility index (Phi) is 6.50. The van der Waals surface area contributed by atoms with Crippen molar-refractivity contribution >= 4 is 38.6 Å². The van der Waals surface area contributed by atoms with Gasteiger partial charge in [0.05, 0.1) is 18.0 Å². The minimum atomic E-state index is -3.14. The van der Waals surface area contributed by atoms with Crippen molar-refractivity contribution < 1.29 is 22.8 Å². The van der Waals surface area contributed by atoms with Gasteiger partial charge in [-0.05, 0) is 67.7 Å². The Morgan fingerprint density at radius 2 is 1.69 bits per heavy atom. The lowest BCUT2D eigenvalue weighted by Crippen LogP contribution is -2.51. The maximum atomic E-state index is 13.1. The van der Waals surface area contributed by atoms with Gasteiger partial charge in [0.1, 0.15) is 15.5 Å². The fraction of sp³-hybridized carbons (Fsp3) is 0.429. The van der Waals surface area contributed by atoms with Crippen molar-refractivity contribution in [1.29, 1.82) is 0 Å². The van der Waals surface area contributed by atoms with Crippen LogP contribution in [0.15, 0.2) is 36.5 Å². The van der Waals surface area contributed by atoms with Crippen LogP contribution in [0.5, 0.6) is 0 Å². The number of likely N-dealkylation sites (tertiary alicyclic amines) is 1. The summed E-state index contributed by atoms with van der Waals surface area (Å²) in [6.07, 6.45) is 6.48. The molecule has 0 unspecified atom stereocenters. The fourth-order valence-electron chi connectivity index (χ4n) is 5.77. The van der Waals surface area contributed by atoms with E-state index in [0.717, 1.165) is 58.1 Å². The normalized spacial score (nSPS) is 18.5. The molecule has 204 valence electrons. The standard InChI is InChI=1S/C28H31N5O5S/c1-39(37,38)14-13-31-12-9-22-21(17-30-10-2-3-11-30)16-24(29-27(22)31)19-7-8-23-20(15-19)18-32(28(23)36)33-25(34)5-4-6-26(33)35/h7-9,12,15-16H,2-6,10-11,13-14,17-18H2,1H3. The first-order valence-corrected chi connectivity index (χ1v) is 15.4. The third kappa shape index (κ3) is 4.96. The highest BCUT2D eigenvalue weighted by atomic mass is 32.2. The summed E-state index contributed by atoms with van der Waals surface area (Å²) in [4.78, 5) is 45.4. The average molecular weight is 550 g/mol. The van der Waals surface area contributed by atoms with Crippen LogP contribution in [0.1, 0.15) is 53.6 Å². The molecule has 3 aromatic rings. The van der Waals surface area contributed by atoms with Gasteiger partial charge < -0.3 is 4.57 Å². The molecule has 3 aliphatic heterocycles. The lowest BCUT2D eigenvalue weighted by Gasteiger charge is -2.32. The van der Waals surface area contributed by atoms with Gasteiger partial charge in [0.15, 0.2) is 0 Å². The van der Waals surface area contributed by atoms with E-state index in [4.69, 9.17) is 4.98 Å². The van der Waals surface area contributed by atoms with Crippen LogP contribution in [0.2, 0.25) is 0 Å². The molecule has 0 aliphatic carbocycles. The summed E-state index contributed by atoms with van der Waals surface area (Å²) in [6, 6.07) is 9.57. The van der Waals surface area contributed by atoms with Crippen molar-refractivity contribution in [3.8, 4) is 11.3 Å². The molecule has 0 atom stereocenters. The van der Waals surface area contributed by atoms with Gasteiger partial charge in [-0.15, -0.1) is 0 Å². The van der Waals surface area contributed by atoms with Crippen molar-refractivity contribution in [3.63, 3.8) is 0 Å². The molecule has 0 bridgehead atoms. The first kappa shape index (κ1) is 25.7. The van der Waals surface area contributed by atoms with Gasteiger partial charge in [0.2, 0.25) is 11.8 Å². The number of carbonyl (C=O) groups excluding carboxylic acids is 3. The van der Waals surface area contributed by atoms with Crippen LogP contribution >= 0.6 is 0 Å². The van der Waals surface area contributed by atoms with E-state index in [0.29, 0.717) is 18.5 Å².